The molecule has 8 nitrogen and oxygen atoms in total. The molecule has 0 aliphatic carbocycles. The lowest BCUT2D eigenvalue weighted by molar-refractivity contribution is -0.144. The van der Waals surface area contributed by atoms with Crippen molar-refractivity contribution in [1.29, 1.82) is 0 Å². The Hall–Kier alpha value is -3.52. The van der Waals surface area contributed by atoms with Crippen LogP contribution in [0.1, 0.15) is 24.8 Å². The molecule has 4 rings (SSSR count). The largest absolute Gasteiger partial charge is 0.489 e. The zero-order valence-electron chi connectivity index (χ0n) is 19.6. The van der Waals surface area contributed by atoms with Crippen LogP contribution in [0.3, 0.4) is 0 Å². The summed E-state index contributed by atoms with van der Waals surface area (Å²) in [7, 11) is 0. The Bertz CT molecular complexity index is 1210. The number of H-pyrrole nitrogens is 1. The quantitative estimate of drug-likeness (QED) is 0.223. The zero-order chi connectivity index (χ0) is 27.9. The first-order chi connectivity index (χ1) is 17.9. The number of aromatic nitrogens is 3. The van der Waals surface area contributed by atoms with E-state index in [1.54, 1.807) is 24.3 Å². The van der Waals surface area contributed by atoms with E-state index in [0.29, 0.717) is 11.3 Å². The molecule has 1 aliphatic heterocycles. The van der Waals surface area contributed by atoms with Gasteiger partial charge >= 0.3 is 12.4 Å². The highest BCUT2D eigenvalue weighted by Gasteiger charge is 2.35. The van der Waals surface area contributed by atoms with Crippen LogP contribution in [0.4, 0.5) is 43.9 Å². The van der Waals surface area contributed by atoms with E-state index >= 15 is 0 Å². The summed E-state index contributed by atoms with van der Waals surface area (Å²) in [5, 5.41) is 12.0. The number of nitrogens with zero attached hydrogens (tertiary/aromatic N) is 2. The van der Waals surface area contributed by atoms with Crippen LogP contribution in [0.5, 0.6) is 5.75 Å². The minimum absolute atomic E-state index is 0.0348. The van der Waals surface area contributed by atoms with Gasteiger partial charge in [-0.15, -0.1) is 5.10 Å². The Morgan fingerprint density at radius 3 is 2.37 bits per heavy atom. The fraction of sp³-hybridized carbons (Fsp3) is 0.348. The van der Waals surface area contributed by atoms with Crippen molar-refractivity contribution in [3.05, 3.63) is 47.0 Å². The topological polar surface area (TPSA) is 118 Å². The molecule has 5 N–H and O–H groups in total. The van der Waals surface area contributed by atoms with Gasteiger partial charge < -0.3 is 25.9 Å². The maximum absolute atomic E-state index is 13.8. The number of carbonyl (C=O) groups excluding carboxylic acids is 1. The fourth-order valence-corrected chi connectivity index (χ4v) is 3.89. The second-order valence-corrected chi connectivity index (χ2v) is 8.55. The van der Waals surface area contributed by atoms with Crippen LogP contribution in [0.15, 0.2) is 36.4 Å². The van der Waals surface area contributed by atoms with Crippen molar-refractivity contribution >= 4 is 35.5 Å². The molecule has 1 aromatic heterocycles. The molecule has 0 saturated carbocycles. The molecule has 0 radical (unpaired) electrons. The van der Waals surface area contributed by atoms with E-state index < -0.39 is 24.3 Å². The van der Waals surface area contributed by atoms with Crippen LogP contribution in [0.2, 0.25) is 5.02 Å². The third-order valence-electron chi connectivity index (χ3n) is 5.17. The summed E-state index contributed by atoms with van der Waals surface area (Å²) >= 11 is 6.29. The number of rotatable bonds is 6. The average molecular weight is 565 g/mol. The number of anilines is 3. The highest BCUT2D eigenvalue weighted by molar-refractivity contribution is 6.34. The van der Waals surface area contributed by atoms with E-state index in [1.807, 2.05) is 0 Å². The molecule has 206 valence electrons. The Labute approximate surface area is 217 Å². The highest BCUT2D eigenvalue weighted by Crippen LogP contribution is 2.43. The number of piperidine rings is 1. The summed E-state index contributed by atoms with van der Waals surface area (Å²) in [5.41, 5.74) is 4.88. The molecule has 1 fully saturated rings. The summed E-state index contributed by atoms with van der Waals surface area (Å²) in [6.45, 7) is 1.71. The van der Waals surface area contributed by atoms with Crippen LogP contribution >= 0.6 is 11.6 Å². The molecule has 0 bridgehead atoms. The Morgan fingerprint density at radius 2 is 1.87 bits per heavy atom. The zero-order valence-corrected chi connectivity index (χ0v) is 20.3. The summed E-state index contributed by atoms with van der Waals surface area (Å²) in [5.74, 6) is 0.670. The van der Waals surface area contributed by atoms with E-state index in [9.17, 15) is 26.3 Å². The number of aldehydes is 1. The number of benzene rings is 2. The van der Waals surface area contributed by atoms with Gasteiger partial charge in [0.2, 0.25) is 11.9 Å². The molecule has 15 heteroatoms. The predicted molar refractivity (Wildman–Crippen MR) is 129 cm³/mol. The number of nitrogen functional groups attached to an aromatic ring is 1. The molecule has 1 unspecified atom stereocenters. The molecule has 2 heterocycles. The van der Waals surface area contributed by atoms with E-state index in [4.69, 9.17) is 26.9 Å². The Balaban J connectivity index is 0.000000505. The number of ether oxygens (including phenoxy) is 1. The Kier molecular flexibility index (Phi) is 9.44. The van der Waals surface area contributed by atoms with Crippen LogP contribution in [0.25, 0.3) is 11.1 Å². The second kappa shape index (κ2) is 12.3. The SMILES string of the molecule is Nc1nc(Nc2cc(Cl)c(-c3ccc(OC4CCCNC4)cc3)c(C(F)(F)F)c2)n[nH]1.O=CCC(F)(F)F. The average Bonchev–Trinajstić information content (AvgIpc) is 3.23. The number of carbonyl (C=O) groups is 1. The van der Waals surface area contributed by atoms with Gasteiger partial charge in [-0.05, 0) is 49.2 Å². The first-order valence-corrected chi connectivity index (χ1v) is 11.6. The molecular weight excluding hydrogens is 542 g/mol. The van der Waals surface area contributed by atoms with E-state index in [1.165, 1.54) is 6.07 Å². The van der Waals surface area contributed by atoms with Crippen molar-refractivity contribution in [3.8, 4) is 16.9 Å². The summed E-state index contributed by atoms with van der Waals surface area (Å²) in [6.07, 6.45) is -8.45. The third-order valence-corrected chi connectivity index (χ3v) is 5.46. The van der Waals surface area contributed by atoms with E-state index in [0.717, 1.165) is 32.0 Å². The lowest BCUT2D eigenvalue weighted by Gasteiger charge is -2.24. The molecule has 1 saturated heterocycles. The van der Waals surface area contributed by atoms with E-state index in [-0.39, 0.29) is 40.6 Å². The van der Waals surface area contributed by atoms with Crippen molar-refractivity contribution in [3.63, 3.8) is 0 Å². The van der Waals surface area contributed by atoms with Gasteiger partial charge in [-0.3, -0.25) is 0 Å². The van der Waals surface area contributed by atoms with Gasteiger partial charge in [0.15, 0.2) is 0 Å². The van der Waals surface area contributed by atoms with Crippen molar-refractivity contribution in [2.24, 2.45) is 0 Å². The molecule has 3 aromatic rings. The number of alkyl halides is 6. The van der Waals surface area contributed by atoms with Gasteiger partial charge in [-0.25, -0.2) is 5.10 Å². The van der Waals surface area contributed by atoms with E-state index in [2.05, 4.69) is 25.8 Å². The normalized spacial score (nSPS) is 15.8. The van der Waals surface area contributed by atoms with Crippen LogP contribution in [0, 0.1) is 0 Å². The maximum Gasteiger partial charge on any atom is 0.417 e. The molecule has 38 heavy (non-hydrogen) atoms. The molecule has 2 aromatic carbocycles. The van der Waals surface area contributed by atoms with Gasteiger partial charge in [0.25, 0.3) is 0 Å². The second-order valence-electron chi connectivity index (χ2n) is 8.14. The lowest BCUT2D eigenvalue weighted by Crippen LogP contribution is -2.37. The first-order valence-electron chi connectivity index (χ1n) is 11.2. The number of nitrogens with two attached hydrogens (primary N) is 1. The molecule has 0 spiro atoms. The fourth-order valence-electron chi connectivity index (χ4n) is 3.56. The monoisotopic (exact) mass is 564 g/mol. The van der Waals surface area contributed by atoms with Crippen molar-refractivity contribution in [2.45, 2.75) is 37.7 Å². The first kappa shape index (κ1) is 29.0. The number of aromatic amines is 1. The molecule has 1 aliphatic rings. The van der Waals surface area contributed by atoms with Gasteiger partial charge in [0, 0.05) is 17.8 Å². The standard InChI is InChI=1S/C20H20ClF3N6O.C3H3F3O/c21-16-9-12(27-19-28-18(25)29-30-19)8-15(20(22,23)24)17(16)11-3-5-13(6-4-11)31-14-2-1-7-26-10-14;4-3(5,6)1-2-7/h3-6,8-9,14,26H,1-2,7,10H2,(H4,25,27,28,29,30);2H,1H2. The summed E-state index contributed by atoms with van der Waals surface area (Å²) < 4.78 is 79.9. The molecule has 1 atom stereocenters. The molecular formula is C23H23ClF6N6O2. The number of hydrogen-bond donors (Lipinski definition) is 4. The number of hydrogen-bond acceptors (Lipinski definition) is 7. The van der Waals surface area contributed by atoms with Gasteiger partial charge in [-0.2, -0.15) is 31.3 Å². The van der Waals surface area contributed by atoms with Crippen molar-refractivity contribution in [1.82, 2.24) is 20.5 Å². The number of nitrogens with one attached hydrogen (secondary N) is 3. The minimum atomic E-state index is -4.63. The smallest absolute Gasteiger partial charge is 0.417 e. The van der Waals surface area contributed by atoms with Gasteiger partial charge in [-0.1, -0.05) is 23.7 Å². The van der Waals surface area contributed by atoms with Crippen LogP contribution in [-0.2, 0) is 11.0 Å². The highest BCUT2D eigenvalue weighted by atomic mass is 35.5. The Morgan fingerprint density at radius 1 is 1.16 bits per heavy atom. The van der Waals surface area contributed by atoms with Gasteiger partial charge in [0.1, 0.15) is 18.1 Å². The minimum Gasteiger partial charge on any atom is -0.489 e. The van der Waals surface area contributed by atoms with Gasteiger partial charge in [0.05, 0.1) is 17.0 Å². The summed E-state index contributed by atoms with van der Waals surface area (Å²) in [4.78, 5) is 12.9. The third kappa shape index (κ3) is 8.52. The predicted octanol–water partition coefficient (Wildman–Crippen LogP) is 5.74. The molecule has 0 amide bonds. The van der Waals surface area contributed by atoms with Crippen molar-refractivity contribution < 1.29 is 35.9 Å². The maximum atomic E-state index is 13.8. The van der Waals surface area contributed by atoms with Crippen LogP contribution in [-0.4, -0.2) is 46.8 Å². The number of halogens is 7. The lowest BCUT2D eigenvalue weighted by atomic mass is 9.98. The van der Waals surface area contributed by atoms with Crippen LogP contribution < -0.4 is 21.1 Å². The van der Waals surface area contributed by atoms with Crippen molar-refractivity contribution in [2.75, 3.05) is 24.1 Å². The summed E-state index contributed by atoms with van der Waals surface area (Å²) in [6, 6.07) is 8.81.